The maximum Gasteiger partial charge on any atom is 0.336 e. The molecule has 30 heavy (non-hydrogen) atoms. The van der Waals surface area contributed by atoms with Crippen molar-refractivity contribution in [2.75, 3.05) is 11.9 Å². The average Bonchev–Trinajstić information content (AvgIpc) is 2.73. The zero-order valence-corrected chi connectivity index (χ0v) is 17.5. The average molecular weight is 406 g/mol. The number of rotatable bonds is 6. The Kier molecular flexibility index (Phi) is 6.67. The van der Waals surface area contributed by atoms with Crippen LogP contribution in [0.5, 0.6) is 0 Å². The van der Waals surface area contributed by atoms with E-state index in [4.69, 9.17) is 4.74 Å². The Hall–Kier alpha value is -3.41. The molecule has 2 amide bonds. The molecule has 0 spiro atoms. The van der Waals surface area contributed by atoms with Crippen molar-refractivity contribution in [3.05, 3.63) is 77.0 Å². The van der Waals surface area contributed by atoms with E-state index in [0.717, 1.165) is 11.1 Å². The van der Waals surface area contributed by atoms with Crippen LogP contribution in [0.4, 0.5) is 5.69 Å². The van der Waals surface area contributed by atoms with E-state index >= 15 is 0 Å². The van der Waals surface area contributed by atoms with Gasteiger partial charge < -0.3 is 15.0 Å². The van der Waals surface area contributed by atoms with Crippen molar-refractivity contribution in [1.29, 1.82) is 0 Å². The number of ether oxygens (including phenoxy) is 1. The first-order valence-corrected chi connectivity index (χ1v) is 10.0. The van der Waals surface area contributed by atoms with Gasteiger partial charge in [-0.2, -0.15) is 0 Å². The first kappa shape index (κ1) is 21.3. The predicted molar refractivity (Wildman–Crippen MR) is 114 cm³/mol. The molecule has 0 bridgehead atoms. The third-order valence-corrected chi connectivity index (χ3v) is 5.22. The second-order valence-corrected chi connectivity index (χ2v) is 7.25. The number of amides is 2. The second kappa shape index (κ2) is 9.39. The minimum Gasteiger partial charge on any atom is -0.463 e. The minimum absolute atomic E-state index is 0.0873. The molecular formula is C24H26N2O4. The van der Waals surface area contributed by atoms with Gasteiger partial charge in [0.05, 0.1) is 24.6 Å². The summed E-state index contributed by atoms with van der Waals surface area (Å²) < 4.78 is 5.23. The Bertz CT molecular complexity index is 982. The van der Waals surface area contributed by atoms with E-state index in [9.17, 15) is 14.4 Å². The van der Waals surface area contributed by atoms with Gasteiger partial charge in [0.15, 0.2) is 0 Å². The Balaban J connectivity index is 1.94. The van der Waals surface area contributed by atoms with Crippen molar-refractivity contribution >= 4 is 23.5 Å². The highest BCUT2D eigenvalue weighted by Gasteiger charge is 2.40. The van der Waals surface area contributed by atoms with Crippen LogP contribution in [0.15, 0.2) is 65.9 Å². The number of benzene rings is 2. The van der Waals surface area contributed by atoms with E-state index in [1.165, 1.54) is 0 Å². The molecule has 0 aliphatic carbocycles. The van der Waals surface area contributed by atoms with Gasteiger partial charge in [0, 0.05) is 17.8 Å². The number of nitrogens with zero attached hydrogens (tertiary/aromatic N) is 1. The summed E-state index contributed by atoms with van der Waals surface area (Å²) in [5.41, 5.74) is 3.19. The molecule has 156 valence electrons. The first-order valence-electron chi connectivity index (χ1n) is 10.0. The van der Waals surface area contributed by atoms with Crippen LogP contribution >= 0.6 is 0 Å². The fraction of sp³-hybridized carbons (Fsp3) is 0.292. The molecule has 3 rings (SSSR count). The standard InChI is InChI=1S/C24H26N2O4/c1-4-30-24(29)22-17(3)26(15-18-11-6-5-7-12-18)21(27)14-19(22)23(28)25-20-13-9-8-10-16(20)2/h5-13,19H,4,14-15H2,1-3H3,(H,25,28). The fourth-order valence-corrected chi connectivity index (χ4v) is 3.60. The number of hydrogen-bond acceptors (Lipinski definition) is 4. The molecule has 6 nitrogen and oxygen atoms in total. The molecule has 1 aliphatic rings. The fourth-order valence-electron chi connectivity index (χ4n) is 3.60. The molecule has 1 heterocycles. The molecule has 6 heteroatoms. The zero-order valence-electron chi connectivity index (χ0n) is 17.5. The lowest BCUT2D eigenvalue weighted by molar-refractivity contribution is -0.142. The van der Waals surface area contributed by atoms with Gasteiger partial charge in [-0.05, 0) is 38.0 Å². The van der Waals surface area contributed by atoms with Gasteiger partial charge in [-0.3, -0.25) is 9.59 Å². The maximum atomic E-state index is 13.1. The summed E-state index contributed by atoms with van der Waals surface area (Å²) in [5, 5.41) is 2.86. The third-order valence-electron chi connectivity index (χ3n) is 5.22. The summed E-state index contributed by atoms with van der Waals surface area (Å²) in [6, 6.07) is 16.9. The molecular weight excluding hydrogens is 380 g/mol. The van der Waals surface area contributed by atoms with E-state index in [-0.39, 0.29) is 30.4 Å². The number of nitrogens with one attached hydrogen (secondary N) is 1. The molecule has 0 saturated heterocycles. The molecule has 2 aromatic carbocycles. The molecule has 1 aliphatic heterocycles. The molecule has 1 N–H and O–H groups in total. The number of anilines is 1. The quantitative estimate of drug-likeness (QED) is 0.740. The lowest BCUT2D eigenvalue weighted by Gasteiger charge is -2.33. The number of allylic oxidation sites excluding steroid dienone is 1. The van der Waals surface area contributed by atoms with Crippen molar-refractivity contribution in [2.45, 2.75) is 33.7 Å². The lowest BCUT2D eigenvalue weighted by Crippen LogP contribution is -2.42. The van der Waals surface area contributed by atoms with Crippen LogP contribution in [0.25, 0.3) is 0 Å². The van der Waals surface area contributed by atoms with Gasteiger partial charge in [-0.1, -0.05) is 48.5 Å². The second-order valence-electron chi connectivity index (χ2n) is 7.25. The molecule has 0 radical (unpaired) electrons. The lowest BCUT2D eigenvalue weighted by atomic mass is 9.88. The van der Waals surface area contributed by atoms with Crippen LogP contribution in [-0.4, -0.2) is 29.3 Å². The summed E-state index contributed by atoms with van der Waals surface area (Å²) in [6.45, 7) is 5.82. The van der Waals surface area contributed by atoms with Crippen LogP contribution in [0.2, 0.25) is 0 Å². The first-order chi connectivity index (χ1) is 14.4. The SMILES string of the molecule is CCOC(=O)C1=C(C)N(Cc2ccccc2)C(=O)CC1C(=O)Nc1ccccc1C. The molecule has 0 aromatic heterocycles. The summed E-state index contributed by atoms with van der Waals surface area (Å²) in [5.74, 6) is -2.05. The van der Waals surface area contributed by atoms with Crippen LogP contribution in [0.3, 0.4) is 0 Å². The highest BCUT2D eigenvalue weighted by molar-refractivity contribution is 6.06. The van der Waals surface area contributed by atoms with E-state index < -0.39 is 11.9 Å². The highest BCUT2D eigenvalue weighted by Crippen LogP contribution is 2.32. The predicted octanol–water partition coefficient (Wildman–Crippen LogP) is 3.82. The normalized spacial score (nSPS) is 16.4. The van der Waals surface area contributed by atoms with Gasteiger partial charge in [0.2, 0.25) is 11.8 Å². The monoisotopic (exact) mass is 406 g/mol. The summed E-state index contributed by atoms with van der Waals surface area (Å²) in [7, 11) is 0. The Labute approximate surface area is 176 Å². The van der Waals surface area contributed by atoms with Crippen molar-refractivity contribution < 1.29 is 19.1 Å². The molecule has 0 saturated carbocycles. The summed E-state index contributed by atoms with van der Waals surface area (Å²) in [6.07, 6.45) is -0.0873. The minimum atomic E-state index is -0.900. The van der Waals surface area contributed by atoms with Gasteiger partial charge in [0.25, 0.3) is 0 Å². The van der Waals surface area contributed by atoms with E-state index in [2.05, 4.69) is 5.32 Å². The Morgan fingerprint density at radius 2 is 1.73 bits per heavy atom. The van der Waals surface area contributed by atoms with Gasteiger partial charge in [-0.15, -0.1) is 0 Å². The maximum absolute atomic E-state index is 13.1. The van der Waals surface area contributed by atoms with Crippen LogP contribution in [-0.2, 0) is 25.7 Å². The Morgan fingerprint density at radius 1 is 1.07 bits per heavy atom. The largest absolute Gasteiger partial charge is 0.463 e. The highest BCUT2D eigenvalue weighted by atomic mass is 16.5. The van der Waals surface area contributed by atoms with Crippen LogP contribution in [0, 0.1) is 12.8 Å². The number of esters is 1. The summed E-state index contributed by atoms with van der Waals surface area (Å²) in [4.78, 5) is 40.3. The number of carbonyl (C=O) groups excluding carboxylic acids is 3. The smallest absolute Gasteiger partial charge is 0.336 e. The van der Waals surface area contributed by atoms with Crippen molar-refractivity contribution in [2.24, 2.45) is 5.92 Å². The van der Waals surface area contributed by atoms with Crippen LogP contribution < -0.4 is 5.32 Å². The number of hydrogen-bond donors (Lipinski definition) is 1. The van der Waals surface area contributed by atoms with Crippen molar-refractivity contribution in [3.8, 4) is 0 Å². The summed E-state index contributed by atoms with van der Waals surface area (Å²) >= 11 is 0. The number of para-hydroxylation sites is 1. The van der Waals surface area contributed by atoms with Gasteiger partial charge in [0.1, 0.15) is 0 Å². The zero-order chi connectivity index (χ0) is 21.7. The molecule has 1 unspecified atom stereocenters. The van der Waals surface area contributed by atoms with E-state index in [1.54, 1.807) is 24.8 Å². The van der Waals surface area contributed by atoms with E-state index in [1.807, 2.05) is 55.5 Å². The number of carbonyl (C=O) groups is 3. The van der Waals surface area contributed by atoms with Crippen LogP contribution in [0.1, 0.15) is 31.4 Å². The third kappa shape index (κ3) is 4.59. The van der Waals surface area contributed by atoms with Crippen molar-refractivity contribution in [1.82, 2.24) is 4.90 Å². The molecule has 1 atom stereocenters. The molecule has 0 fully saturated rings. The van der Waals surface area contributed by atoms with Gasteiger partial charge >= 0.3 is 5.97 Å². The topological polar surface area (TPSA) is 75.7 Å². The van der Waals surface area contributed by atoms with Crippen molar-refractivity contribution in [3.63, 3.8) is 0 Å². The Morgan fingerprint density at radius 3 is 2.40 bits per heavy atom. The molecule has 2 aromatic rings. The number of aryl methyl sites for hydroxylation is 1. The van der Waals surface area contributed by atoms with Gasteiger partial charge in [-0.25, -0.2) is 4.79 Å². The van der Waals surface area contributed by atoms with E-state index in [0.29, 0.717) is 17.9 Å².